The molecule has 0 radical (unpaired) electrons. The molecule has 1 heterocycles. The zero-order valence-electron chi connectivity index (χ0n) is 12.7. The lowest BCUT2D eigenvalue weighted by Gasteiger charge is -2.24. The lowest BCUT2D eigenvalue weighted by atomic mass is 10.1. The van der Waals surface area contributed by atoms with E-state index < -0.39 is 5.97 Å². The molecule has 1 amide bonds. The van der Waals surface area contributed by atoms with Gasteiger partial charge in [0.05, 0.1) is 0 Å². The number of hydrogen-bond acceptors (Lipinski definition) is 3. The number of amides is 1. The Morgan fingerprint density at radius 2 is 2.14 bits per heavy atom. The molecule has 1 atom stereocenters. The molecule has 0 spiro atoms. The standard InChI is InChI=1S/C16H22N2O3/c1-4-12(3)11-18(5-2)16(21)14-8-9-17-10-13(14)6-7-15(19)20/h6-10,12H,4-5,11H2,1-3H3,(H,19,20). The highest BCUT2D eigenvalue weighted by atomic mass is 16.4. The van der Waals surface area contributed by atoms with E-state index in [0.29, 0.717) is 30.1 Å². The summed E-state index contributed by atoms with van der Waals surface area (Å²) in [7, 11) is 0. The predicted molar refractivity (Wildman–Crippen MR) is 81.9 cm³/mol. The lowest BCUT2D eigenvalue weighted by molar-refractivity contribution is -0.131. The Morgan fingerprint density at radius 3 is 2.71 bits per heavy atom. The Hall–Kier alpha value is -2.17. The molecular weight excluding hydrogens is 268 g/mol. The van der Waals surface area contributed by atoms with E-state index in [1.807, 2.05) is 6.92 Å². The summed E-state index contributed by atoms with van der Waals surface area (Å²) in [5, 5.41) is 8.71. The molecule has 0 bridgehead atoms. The van der Waals surface area contributed by atoms with E-state index in [1.54, 1.807) is 17.2 Å². The van der Waals surface area contributed by atoms with Crippen LogP contribution >= 0.6 is 0 Å². The van der Waals surface area contributed by atoms with Gasteiger partial charge < -0.3 is 10.0 Å². The number of aromatic nitrogens is 1. The van der Waals surface area contributed by atoms with Crippen LogP contribution in [0.15, 0.2) is 24.5 Å². The average Bonchev–Trinajstić information content (AvgIpc) is 2.49. The summed E-state index contributed by atoms with van der Waals surface area (Å²) in [5.41, 5.74) is 1.00. The van der Waals surface area contributed by atoms with Crippen LogP contribution in [0.4, 0.5) is 0 Å². The fraction of sp³-hybridized carbons (Fsp3) is 0.438. The second-order valence-electron chi connectivity index (χ2n) is 4.99. The molecule has 1 unspecified atom stereocenters. The number of carboxylic acids is 1. The topological polar surface area (TPSA) is 70.5 Å². The molecule has 1 N–H and O–H groups in total. The molecule has 21 heavy (non-hydrogen) atoms. The third-order valence-electron chi connectivity index (χ3n) is 3.39. The van der Waals surface area contributed by atoms with Crippen LogP contribution < -0.4 is 0 Å². The van der Waals surface area contributed by atoms with Crippen molar-refractivity contribution in [1.29, 1.82) is 0 Å². The van der Waals surface area contributed by atoms with Crippen molar-refractivity contribution < 1.29 is 14.7 Å². The maximum absolute atomic E-state index is 12.6. The second kappa shape index (κ2) is 8.19. The van der Waals surface area contributed by atoms with E-state index in [2.05, 4.69) is 18.8 Å². The minimum Gasteiger partial charge on any atom is -0.478 e. The van der Waals surface area contributed by atoms with Gasteiger partial charge in [-0.25, -0.2) is 4.79 Å². The van der Waals surface area contributed by atoms with Gasteiger partial charge >= 0.3 is 5.97 Å². The average molecular weight is 290 g/mol. The molecule has 0 aromatic carbocycles. The smallest absolute Gasteiger partial charge is 0.328 e. The first kappa shape index (κ1) is 16.9. The van der Waals surface area contributed by atoms with Crippen LogP contribution in [-0.2, 0) is 4.79 Å². The predicted octanol–water partition coefficient (Wildman–Crippen LogP) is 2.69. The van der Waals surface area contributed by atoms with Crippen molar-refractivity contribution in [1.82, 2.24) is 9.88 Å². The molecule has 114 valence electrons. The van der Waals surface area contributed by atoms with E-state index in [1.165, 1.54) is 12.3 Å². The quantitative estimate of drug-likeness (QED) is 0.784. The minimum absolute atomic E-state index is 0.0924. The Bertz CT molecular complexity index is 526. The number of rotatable bonds is 7. The summed E-state index contributed by atoms with van der Waals surface area (Å²) in [6.07, 6.45) is 6.47. The summed E-state index contributed by atoms with van der Waals surface area (Å²) in [4.78, 5) is 29.0. The number of pyridine rings is 1. The van der Waals surface area contributed by atoms with E-state index in [0.717, 1.165) is 12.5 Å². The van der Waals surface area contributed by atoms with Gasteiger partial charge in [0, 0.05) is 42.7 Å². The van der Waals surface area contributed by atoms with Crippen LogP contribution in [-0.4, -0.2) is 40.0 Å². The molecule has 0 aliphatic carbocycles. The number of carboxylic acid groups (broad SMARTS) is 1. The van der Waals surface area contributed by atoms with Crippen molar-refractivity contribution in [2.24, 2.45) is 5.92 Å². The van der Waals surface area contributed by atoms with Gasteiger partial charge in [-0.2, -0.15) is 0 Å². The zero-order valence-corrected chi connectivity index (χ0v) is 12.7. The maximum Gasteiger partial charge on any atom is 0.328 e. The third kappa shape index (κ3) is 5.02. The number of carbonyl (C=O) groups excluding carboxylic acids is 1. The molecule has 5 heteroatoms. The number of carbonyl (C=O) groups is 2. The van der Waals surface area contributed by atoms with Crippen molar-refractivity contribution in [2.75, 3.05) is 13.1 Å². The van der Waals surface area contributed by atoms with Gasteiger partial charge in [-0.1, -0.05) is 20.3 Å². The van der Waals surface area contributed by atoms with Crippen molar-refractivity contribution in [3.05, 3.63) is 35.7 Å². The first-order chi connectivity index (χ1) is 9.99. The summed E-state index contributed by atoms with van der Waals surface area (Å²) < 4.78 is 0. The zero-order chi connectivity index (χ0) is 15.8. The summed E-state index contributed by atoms with van der Waals surface area (Å²) in [6.45, 7) is 7.45. The van der Waals surface area contributed by atoms with Crippen LogP contribution in [0.25, 0.3) is 6.08 Å². The minimum atomic E-state index is -1.05. The van der Waals surface area contributed by atoms with Crippen LogP contribution in [0.1, 0.15) is 43.1 Å². The van der Waals surface area contributed by atoms with Gasteiger partial charge in [0.1, 0.15) is 0 Å². The van der Waals surface area contributed by atoms with E-state index in [4.69, 9.17) is 5.11 Å². The summed E-state index contributed by atoms with van der Waals surface area (Å²) in [6, 6.07) is 1.63. The molecule has 0 fully saturated rings. The van der Waals surface area contributed by atoms with Gasteiger partial charge in [-0.05, 0) is 25.0 Å². The van der Waals surface area contributed by atoms with Crippen molar-refractivity contribution in [3.8, 4) is 0 Å². The highest BCUT2D eigenvalue weighted by molar-refractivity contribution is 5.98. The first-order valence-electron chi connectivity index (χ1n) is 7.13. The monoisotopic (exact) mass is 290 g/mol. The highest BCUT2D eigenvalue weighted by Gasteiger charge is 2.18. The Kier molecular flexibility index (Phi) is 6.59. The number of nitrogens with zero attached hydrogens (tertiary/aromatic N) is 2. The van der Waals surface area contributed by atoms with Gasteiger partial charge in [0.15, 0.2) is 0 Å². The number of hydrogen-bond donors (Lipinski definition) is 1. The van der Waals surface area contributed by atoms with Crippen molar-refractivity contribution in [3.63, 3.8) is 0 Å². The Labute approximate surface area is 125 Å². The first-order valence-corrected chi connectivity index (χ1v) is 7.13. The fourth-order valence-electron chi connectivity index (χ4n) is 1.93. The molecule has 0 aliphatic heterocycles. The molecular formula is C16H22N2O3. The second-order valence-corrected chi connectivity index (χ2v) is 4.99. The van der Waals surface area contributed by atoms with Gasteiger partial charge in [0.25, 0.3) is 5.91 Å². The highest BCUT2D eigenvalue weighted by Crippen LogP contribution is 2.14. The summed E-state index contributed by atoms with van der Waals surface area (Å²) in [5.74, 6) is -0.719. The largest absolute Gasteiger partial charge is 0.478 e. The van der Waals surface area contributed by atoms with E-state index in [-0.39, 0.29) is 5.91 Å². The molecule has 5 nitrogen and oxygen atoms in total. The molecule has 0 aliphatic rings. The molecule has 0 saturated heterocycles. The van der Waals surface area contributed by atoms with Crippen molar-refractivity contribution >= 4 is 18.0 Å². The Morgan fingerprint density at radius 1 is 1.43 bits per heavy atom. The molecule has 1 aromatic heterocycles. The summed E-state index contributed by atoms with van der Waals surface area (Å²) >= 11 is 0. The fourth-order valence-corrected chi connectivity index (χ4v) is 1.93. The lowest BCUT2D eigenvalue weighted by Crippen LogP contribution is -2.34. The van der Waals surface area contributed by atoms with Gasteiger partial charge in [-0.15, -0.1) is 0 Å². The van der Waals surface area contributed by atoms with Gasteiger partial charge in [0.2, 0.25) is 0 Å². The Balaban J connectivity index is 3.02. The van der Waals surface area contributed by atoms with Crippen molar-refractivity contribution in [2.45, 2.75) is 27.2 Å². The SMILES string of the molecule is CCC(C)CN(CC)C(=O)c1ccncc1C=CC(=O)O. The van der Waals surface area contributed by atoms with Crippen LogP contribution in [0.2, 0.25) is 0 Å². The molecule has 1 rings (SSSR count). The van der Waals surface area contributed by atoms with E-state index >= 15 is 0 Å². The number of aliphatic carboxylic acids is 1. The molecule has 1 aromatic rings. The maximum atomic E-state index is 12.6. The van der Waals surface area contributed by atoms with Gasteiger partial charge in [-0.3, -0.25) is 9.78 Å². The van der Waals surface area contributed by atoms with Crippen LogP contribution in [0.5, 0.6) is 0 Å². The van der Waals surface area contributed by atoms with Crippen LogP contribution in [0.3, 0.4) is 0 Å². The van der Waals surface area contributed by atoms with Crippen LogP contribution in [0, 0.1) is 5.92 Å². The normalized spacial score (nSPS) is 12.3. The molecule has 0 saturated carbocycles. The van der Waals surface area contributed by atoms with E-state index in [9.17, 15) is 9.59 Å². The third-order valence-corrected chi connectivity index (χ3v) is 3.39.